The molecule has 0 bridgehead atoms. The number of hydrogen-bond donors (Lipinski definition) is 2. The highest BCUT2D eigenvalue weighted by atomic mass is 19.4. The highest BCUT2D eigenvalue weighted by Crippen LogP contribution is 2.37. The first-order valence-electron chi connectivity index (χ1n) is 11.1. The van der Waals surface area contributed by atoms with Crippen molar-refractivity contribution in [3.05, 3.63) is 89.2 Å². The van der Waals surface area contributed by atoms with E-state index >= 15 is 0 Å². The van der Waals surface area contributed by atoms with E-state index in [0.29, 0.717) is 22.6 Å². The number of nitrogens with one attached hydrogen (secondary N) is 2. The van der Waals surface area contributed by atoms with Crippen LogP contribution in [0.3, 0.4) is 0 Å². The second kappa shape index (κ2) is 8.95. The predicted octanol–water partition coefficient (Wildman–Crippen LogP) is 4.59. The van der Waals surface area contributed by atoms with Gasteiger partial charge in [-0.1, -0.05) is 30.3 Å². The Hall–Kier alpha value is -4.47. The third-order valence-electron chi connectivity index (χ3n) is 5.87. The standard InChI is InChI=1S/C26H20F3N5O2/c1-34-10-9-20(33-34)18-11-16(7-8-19(18)26(27,28)29)25(36)32-21-12-17-13-23(35)30-14-22(17)31-24(21)15-5-3-2-4-6-15/h2-12H,13-14H2,1H3,(H,30,35)(H,32,36). The van der Waals surface area contributed by atoms with Crippen molar-refractivity contribution in [2.45, 2.75) is 19.1 Å². The maximum absolute atomic E-state index is 13.7. The minimum absolute atomic E-state index is 0.0260. The fourth-order valence-electron chi connectivity index (χ4n) is 4.13. The third kappa shape index (κ3) is 4.57. The van der Waals surface area contributed by atoms with E-state index in [9.17, 15) is 22.8 Å². The summed E-state index contributed by atoms with van der Waals surface area (Å²) in [5.41, 5.74) is 2.02. The number of benzene rings is 2. The number of hydrogen-bond acceptors (Lipinski definition) is 4. The van der Waals surface area contributed by atoms with Gasteiger partial charge in [0.2, 0.25) is 5.91 Å². The second-order valence-corrected chi connectivity index (χ2v) is 8.40. The Morgan fingerprint density at radius 2 is 1.86 bits per heavy atom. The molecule has 0 spiro atoms. The van der Waals surface area contributed by atoms with Crippen molar-refractivity contribution in [3.63, 3.8) is 0 Å². The molecule has 10 heteroatoms. The van der Waals surface area contributed by atoms with E-state index in [1.807, 2.05) is 30.3 Å². The molecule has 182 valence electrons. The number of aromatic nitrogens is 3. The molecule has 4 aromatic rings. The van der Waals surface area contributed by atoms with E-state index in [1.54, 1.807) is 13.1 Å². The molecule has 2 amide bonds. The van der Waals surface area contributed by atoms with Crippen LogP contribution in [0.5, 0.6) is 0 Å². The van der Waals surface area contributed by atoms with Gasteiger partial charge in [0.25, 0.3) is 5.91 Å². The Labute approximate surface area is 204 Å². The molecule has 2 aromatic carbocycles. The highest BCUT2D eigenvalue weighted by molar-refractivity contribution is 6.07. The average Bonchev–Trinajstić information content (AvgIpc) is 3.29. The molecule has 0 saturated carbocycles. The summed E-state index contributed by atoms with van der Waals surface area (Å²) >= 11 is 0. The van der Waals surface area contributed by atoms with Crippen molar-refractivity contribution < 1.29 is 22.8 Å². The van der Waals surface area contributed by atoms with E-state index in [0.717, 1.165) is 17.7 Å². The number of fused-ring (bicyclic) bond motifs is 1. The van der Waals surface area contributed by atoms with E-state index < -0.39 is 17.6 Å². The predicted molar refractivity (Wildman–Crippen MR) is 127 cm³/mol. The van der Waals surface area contributed by atoms with E-state index in [-0.39, 0.29) is 35.7 Å². The fraction of sp³-hybridized carbons (Fsp3) is 0.154. The molecular weight excluding hydrogens is 471 g/mol. The fourth-order valence-corrected chi connectivity index (χ4v) is 4.13. The van der Waals surface area contributed by atoms with Crippen LogP contribution in [0.2, 0.25) is 0 Å². The van der Waals surface area contributed by atoms with E-state index in [4.69, 9.17) is 0 Å². The molecule has 2 aromatic heterocycles. The lowest BCUT2D eigenvalue weighted by atomic mass is 9.99. The molecule has 2 N–H and O–H groups in total. The monoisotopic (exact) mass is 491 g/mol. The summed E-state index contributed by atoms with van der Waals surface area (Å²) in [5, 5.41) is 9.63. The Kier molecular flexibility index (Phi) is 5.79. The highest BCUT2D eigenvalue weighted by Gasteiger charge is 2.34. The van der Waals surface area contributed by atoms with Gasteiger partial charge in [0.1, 0.15) is 0 Å². The number of carbonyl (C=O) groups is 2. The number of nitrogens with zero attached hydrogens (tertiary/aromatic N) is 3. The minimum atomic E-state index is -4.62. The number of aryl methyl sites for hydroxylation is 1. The number of halogens is 3. The Morgan fingerprint density at radius 1 is 1.08 bits per heavy atom. The summed E-state index contributed by atoms with van der Waals surface area (Å²) in [6.45, 7) is 0.272. The molecule has 1 aliphatic heterocycles. The zero-order valence-electron chi connectivity index (χ0n) is 19.1. The molecule has 0 atom stereocenters. The van der Waals surface area contributed by atoms with Gasteiger partial charge in [0.15, 0.2) is 0 Å². The van der Waals surface area contributed by atoms with Crippen LogP contribution < -0.4 is 10.6 Å². The lowest BCUT2D eigenvalue weighted by molar-refractivity contribution is -0.137. The van der Waals surface area contributed by atoms with Gasteiger partial charge in [-0.25, -0.2) is 4.98 Å². The number of amides is 2. The van der Waals surface area contributed by atoms with Gasteiger partial charge in [-0.05, 0) is 35.9 Å². The maximum Gasteiger partial charge on any atom is 0.417 e. The third-order valence-corrected chi connectivity index (χ3v) is 5.87. The first kappa shape index (κ1) is 23.3. The maximum atomic E-state index is 13.7. The largest absolute Gasteiger partial charge is 0.417 e. The number of anilines is 1. The van der Waals surface area contributed by atoms with Crippen molar-refractivity contribution in [1.29, 1.82) is 0 Å². The van der Waals surface area contributed by atoms with Gasteiger partial charge < -0.3 is 10.6 Å². The molecule has 0 unspecified atom stereocenters. The molecular formula is C26H20F3N5O2. The molecule has 0 radical (unpaired) electrons. The van der Waals surface area contributed by atoms with Crippen LogP contribution in [-0.2, 0) is 31.0 Å². The quantitative estimate of drug-likeness (QED) is 0.437. The lowest BCUT2D eigenvalue weighted by Gasteiger charge is -2.20. The summed E-state index contributed by atoms with van der Waals surface area (Å²) in [6, 6.07) is 15.5. The van der Waals surface area contributed by atoms with Crippen LogP contribution in [0, 0.1) is 0 Å². The molecule has 3 heterocycles. The number of alkyl halides is 3. The normalized spacial score (nSPS) is 13.2. The number of pyridine rings is 1. The summed E-state index contributed by atoms with van der Waals surface area (Å²) < 4.78 is 42.4. The number of rotatable bonds is 4. The van der Waals surface area contributed by atoms with Crippen LogP contribution in [0.25, 0.3) is 22.5 Å². The molecule has 1 aliphatic rings. The van der Waals surface area contributed by atoms with E-state index in [1.165, 1.54) is 23.0 Å². The van der Waals surface area contributed by atoms with E-state index in [2.05, 4.69) is 20.7 Å². The molecule has 0 aliphatic carbocycles. The first-order chi connectivity index (χ1) is 17.2. The molecule has 0 saturated heterocycles. The summed E-state index contributed by atoms with van der Waals surface area (Å²) in [6.07, 6.45) is -2.97. The van der Waals surface area contributed by atoms with Crippen LogP contribution in [0.4, 0.5) is 18.9 Å². The topological polar surface area (TPSA) is 88.9 Å². The van der Waals surface area contributed by atoms with Crippen LogP contribution >= 0.6 is 0 Å². The van der Waals surface area contributed by atoms with Gasteiger partial charge in [-0.15, -0.1) is 0 Å². The first-order valence-corrected chi connectivity index (χ1v) is 11.1. The summed E-state index contributed by atoms with van der Waals surface area (Å²) in [5.74, 6) is -0.767. The Balaban J connectivity index is 1.56. The van der Waals surface area contributed by atoms with Gasteiger partial charge >= 0.3 is 6.18 Å². The van der Waals surface area contributed by atoms with Crippen LogP contribution in [0.15, 0.2) is 66.9 Å². The SMILES string of the molecule is Cn1ccc(-c2cc(C(=O)Nc3cc4c(nc3-c3ccccc3)CNC(=O)C4)ccc2C(F)(F)F)n1. The zero-order chi connectivity index (χ0) is 25.4. The smallest absolute Gasteiger partial charge is 0.350 e. The van der Waals surface area contributed by atoms with Gasteiger partial charge in [-0.2, -0.15) is 18.3 Å². The summed E-state index contributed by atoms with van der Waals surface area (Å²) in [4.78, 5) is 29.8. The molecule has 36 heavy (non-hydrogen) atoms. The van der Waals surface area contributed by atoms with Crippen molar-refractivity contribution in [3.8, 4) is 22.5 Å². The van der Waals surface area contributed by atoms with Crippen LogP contribution in [-0.4, -0.2) is 26.6 Å². The average molecular weight is 491 g/mol. The minimum Gasteiger partial charge on any atom is -0.350 e. The Bertz CT molecular complexity index is 1480. The second-order valence-electron chi connectivity index (χ2n) is 8.40. The lowest BCUT2D eigenvalue weighted by Crippen LogP contribution is -2.31. The zero-order valence-corrected chi connectivity index (χ0v) is 19.1. The number of carbonyl (C=O) groups excluding carboxylic acids is 2. The Morgan fingerprint density at radius 3 is 2.56 bits per heavy atom. The van der Waals surface area contributed by atoms with Gasteiger partial charge in [-0.3, -0.25) is 14.3 Å². The molecule has 7 nitrogen and oxygen atoms in total. The molecule has 5 rings (SSSR count). The van der Waals surface area contributed by atoms with Crippen molar-refractivity contribution >= 4 is 17.5 Å². The van der Waals surface area contributed by atoms with Crippen molar-refractivity contribution in [1.82, 2.24) is 20.1 Å². The van der Waals surface area contributed by atoms with Crippen molar-refractivity contribution in [2.24, 2.45) is 7.05 Å². The summed E-state index contributed by atoms with van der Waals surface area (Å²) in [7, 11) is 1.60. The van der Waals surface area contributed by atoms with Crippen molar-refractivity contribution in [2.75, 3.05) is 5.32 Å². The van der Waals surface area contributed by atoms with Gasteiger partial charge in [0.05, 0.1) is 41.3 Å². The van der Waals surface area contributed by atoms with Gasteiger partial charge in [0, 0.05) is 29.9 Å². The molecule has 0 fully saturated rings. The van der Waals surface area contributed by atoms with Crippen LogP contribution in [0.1, 0.15) is 27.2 Å².